The van der Waals surface area contributed by atoms with E-state index in [1.54, 1.807) is 6.20 Å². The molecule has 0 spiro atoms. The molecule has 1 aliphatic heterocycles. The fourth-order valence-electron chi connectivity index (χ4n) is 5.46. The molecule has 0 bridgehead atoms. The van der Waals surface area contributed by atoms with Gasteiger partial charge in [-0.05, 0) is 67.0 Å². The normalized spacial score (nSPS) is 21.9. The number of aromatic amines is 1. The average Bonchev–Trinajstić information content (AvgIpc) is 3.79. The molecule has 1 N–H and O–H groups in total. The van der Waals surface area contributed by atoms with Crippen LogP contribution in [0.25, 0.3) is 22.5 Å². The molecule has 3 aromatic rings. The predicted octanol–water partition coefficient (Wildman–Crippen LogP) is 2.91. The molecular formula is C26H27N9O. The third kappa shape index (κ3) is 3.88. The van der Waals surface area contributed by atoms with E-state index in [9.17, 15) is 10.1 Å². The number of nitrogens with zero attached hydrogens (tertiary/aromatic N) is 8. The van der Waals surface area contributed by atoms with Crippen LogP contribution in [0.3, 0.4) is 0 Å². The molecule has 182 valence electrons. The smallest absolute Gasteiger partial charge is 0.226 e. The fourth-order valence-corrected chi connectivity index (χ4v) is 5.46. The first-order valence-corrected chi connectivity index (χ1v) is 12.9. The molecule has 3 saturated carbocycles. The number of nitriles is 1. The number of H-pyrrole nitrogens is 1. The lowest BCUT2D eigenvalue weighted by molar-refractivity contribution is -0.135. The van der Waals surface area contributed by atoms with Gasteiger partial charge < -0.3 is 9.80 Å². The molecule has 4 fully saturated rings. The topological polar surface area (TPSA) is 128 Å². The minimum atomic E-state index is 0.223. The van der Waals surface area contributed by atoms with E-state index in [2.05, 4.69) is 41.5 Å². The third-order valence-electron chi connectivity index (χ3n) is 7.88. The minimum Gasteiger partial charge on any atom is -0.352 e. The maximum absolute atomic E-state index is 13.0. The summed E-state index contributed by atoms with van der Waals surface area (Å²) < 4.78 is 0. The van der Waals surface area contributed by atoms with Crippen LogP contribution in [0.1, 0.15) is 55.7 Å². The van der Waals surface area contributed by atoms with Crippen LogP contribution in [0.2, 0.25) is 0 Å². The van der Waals surface area contributed by atoms with Crippen molar-refractivity contribution in [3.63, 3.8) is 0 Å². The molecule has 10 nitrogen and oxygen atoms in total. The maximum atomic E-state index is 13.0. The molecule has 1 atom stereocenters. The Hall–Kier alpha value is -3.87. The highest BCUT2D eigenvalue weighted by atomic mass is 16.2. The summed E-state index contributed by atoms with van der Waals surface area (Å²) in [6.45, 7) is 2.17. The zero-order chi connectivity index (χ0) is 24.2. The van der Waals surface area contributed by atoms with Crippen LogP contribution < -0.4 is 4.90 Å². The van der Waals surface area contributed by atoms with Crippen molar-refractivity contribution in [2.24, 2.45) is 11.8 Å². The number of anilines is 1. The number of rotatable bonds is 6. The van der Waals surface area contributed by atoms with Crippen molar-refractivity contribution in [3.8, 4) is 28.6 Å². The molecule has 1 unspecified atom stereocenters. The number of hydrogen-bond donors (Lipinski definition) is 1. The number of carbonyl (C=O) groups is 1. The summed E-state index contributed by atoms with van der Waals surface area (Å²) >= 11 is 0. The first-order valence-electron chi connectivity index (χ1n) is 12.9. The van der Waals surface area contributed by atoms with E-state index >= 15 is 0 Å². The maximum Gasteiger partial charge on any atom is 0.226 e. The van der Waals surface area contributed by atoms with Crippen LogP contribution in [0.5, 0.6) is 0 Å². The molecule has 4 aliphatic rings. The number of pyridine rings is 2. The summed E-state index contributed by atoms with van der Waals surface area (Å²) in [4.78, 5) is 26.9. The number of tetrazole rings is 1. The number of amides is 1. The van der Waals surface area contributed by atoms with Gasteiger partial charge in [0.2, 0.25) is 5.91 Å². The van der Waals surface area contributed by atoms with E-state index < -0.39 is 0 Å². The van der Waals surface area contributed by atoms with Gasteiger partial charge in [-0.1, -0.05) is 0 Å². The zero-order valence-corrected chi connectivity index (χ0v) is 20.0. The zero-order valence-electron chi connectivity index (χ0n) is 20.0. The first kappa shape index (κ1) is 21.4. The van der Waals surface area contributed by atoms with Crippen molar-refractivity contribution in [1.82, 2.24) is 35.5 Å². The van der Waals surface area contributed by atoms with Gasteiger partial charge in [0.25, 0.3) is 0 Å². The second kappa shape index (κ2) is 8.36. The largest absolute Gasteiger partial charge is 0.352 e. The summed E-state index contributed by atoms with van der Waals surface area (Å²) in [5, 5.41) is 24.3. The van der Waals surface area contributed by atoms with Gasteiger partial charge in [0.15, 0.2) is 5.82 Å². The molecule has 4 heterocycles. The Kier molecular flexibility index (Phi) is 4.98. The number of aromatic nitrogens is 6. The summed E-state index contributed by atoms with van der Waals surface area (Å²) in [5.74, 6) is 2.84. The Labute approximate surface area is 208 Å². The van der Waals surface area contributed by atoms with Gasteiger partial charge in [0.1, 0.15) is 11.9 Å². The number of hydrogen-bond acceptors (Lipinski definition) is 8. The van der Waals surface area contributed by atoms with Crippen molar-refractivity contribution >= 4 is 11.7 Å². The van der Waals surface area contributed by atoms with Crippen molar-refractivity contribution in [3.05, 3.63) is 35.8 Å². The van der Waals surface area contributed by atoms with Gasteiger partial charge in [-0.2, -0.15) is 5.26 Å². The SMILES string of the molecule is N#Cc1cc(-c2cncc(-c3nnn[nH]3)c2)c(C2CC2)nc1N1CCN(C(=O)C2CC2)C(C2CC2)C1. The van der Waals surface area contributed by atoms with Crippen LogP contribution in [0.15, 0.2) is 24.5 Å². The molecule has 10 heteroatoms. The lowest BCUT2D eigenvalue weighted by atomic mass is 9.98. The molecular weight excluding hydrogens is 454 g/mol. The van der Waals surface area contributed by atoms with E-state index in [1.807, 2.05) is 18.3 Å². The minimum absolute atomic E-state index is 0.223. The van der Waals surface area contributed by atoms with Gasteiger partial charge >= 0.3 is 0 Å². The molecule has 0 radical (unpaired) electrons. The number of nitrogens with one attached hydrogen (secondary N) is 1. The first-order chi connectivity index (χ1) is 17.7. The summed E-state index contributed by atoms with van der Waals surface area (Å²) in [7, 11) is 0. The highest BCUT2D eigenvalue weighted by molar-refractivity contribution is 5.82. The van der Waals surface area contributed by atoms with Gasteiger partial charge in [-0.25, -0.2) is 10.1 Å². The van der Waals surface area contributed by atoms with Crippen LogP contribution in [-0.2, 0) is 4.79 Å². The monoisotopic (exact) mass is 481 g/mol. The Bertz CT molecular complexity index is 1350. The van der Waals surface area contributed by atoms with E-state index in [-0.39, 0.29) is 12.0 Å². The average molecular weight is 482 g/mol. The molecule has 36 heavy (non-hydrogen) atoms. The molecule has 1 amide bonds. The van der Waals surface area contributed by atoms with E-state index in [0.717, 1.165) is 60.4 Å². The van der Waals surface area contributed by atoms with Crippen molar-refractivity contribution in [2.75, 3.05) is 24.5 Å². The Morgan fingerprint density at radius 2 is 1.89 bits per heavy atom. The van der Waals surface area contributed by atoms with Gasteiger partial charge in [-0.15, -0.1) is 5.10 Å². The van der Waals surface area contributed by atoms with Crippen molar-refractivity contribution in [2.45, 2.75) is 50.5 Å². The van der Waals surface area contributed by atoms with Crippen LogP contribution in [0, 0.1) is 23.2 Å². The standard InChI is InChI=1S/C26H27N9O/c27-11-18-10-21(19-9-20(13-28-12-19)24-30-32-33-31-24)23(16-3-4-16)29-25(18)34-7-8-35(26(36)17-5-6-17)22(14-34)15-1-2-15/h9-10,12-13,15-17,22H,1-8,14H2,(H,30,31,32,33). The van der Waals surface area contributed by atoms with E-state index in [0.29, 0.717) is 42.2 Å². The van der Waals surface area contributed by atoms with Gasteiger partial charge in [0, 0.05) is 60.6 Å². The van der Waals surface area contributed by atoms with Crippen LogP contribution in [0.4, 0.5) is 5.82 Å². The number of carbonyl (C=O) groups excluding carboxylic acids is 1. The number of piperazine rings is 1. The third-order valence-corrected chi connectivity index (χ3v) is 7.88. The van der Waals surface area contributed by atoms with E-state index in [1.165, 1.54) is 12.8 Å². The second-order valence-electron chi connectivity index (χ2n) is 10.5. The molecule has 3 aromatic heterocycles. The second-order valence-corrected chi connectivity index (χ2v) is 10.5. The molecule has 0 aromatic carbocycles. The quantitative estimate of drug-likeness (QED) is 0.569. The lowest BCUT2D eigenvalue weighted by Gasteiger charge is -2.43. The summed E-state index contributed by atoms with van der Waals surface area (Å²) in [6, 6.07) is 6.60. The van der Waals surface area contributed by atoms with Gasteiger partial charge in [0.05, 0.1) is 17.3 Å². The Morgan fingerprint density at radius 3 is 2.58 bits per heavy atom. The predicted molar refractivity (Wildman–Crippen MR) is 130 cm³/mol. The molecule has 1 saturated heterocycles. The Morgan fingerprint density at radius 1 is 1.06 bits per heavy atom. The highest BCUT2D eigenvalue weighted by Crippen LogP contribution is 2.46. The molecule has 3 aliphatic carbocycles. The summed E-state index contributed by atoms with van der Waals surface area (Å²) in [5.41, 5.74) is 4.22. The van der Waals surface area contributed by atoms with Crippen LogP contribution >= 0.6 is 0 Å². The van der Waals surface area contributed by atoms with Gasteiger partial charge in [-0.3, -0.25) is 9.78 Å². The van der Waals surface area contributed by atoms with E-state index in [4.69, 9.17) is 4.98 Å². The van der Waals surface area contributed by atoms with Crippen molar-refractivity contribution < 1.29 is 4.79 Å². The Balaban J connectivity index is 1.24. The highest BCUT2D eigenvalue weighted by Gasteiger charge is 2.45. The molecule has 7 rings (SSSR count). The van der Waals surface area contributed by atoms with Crippen LogP contribution in [-0.4, -0.2) is 67.1 Å². The fraction of sp³-hybridized carbons (Fsp3) is 0.500. The van der Waals surface area contributed by atoms with Crippen molar-refractivity contribution in [1.29, 1.82) is 5.26 Å². The summed E-state index contributed by atoms with van der Waals surface area (Å²) in [6.07, 6.45) is 10.2. The lowest BCUT2D eigenvalue weighted by Crippen LogP contribution is -2.57.